The van der Waals surface area contributed by atoms with E-state index in [9.17, 15) is 19.5 Å². The van der Waals surface area contributed by atoms with E-state index in [1.165, 1.54) is 43.9 Å². The summed E-state index contributed by atoms with van der Waals surface area (Å²) in [7, 11) is 0. The van der Waals surface area contributed by atoms with Crippen molar-refractivity contribution in [1.82, 2.24) is 4.98 Å². The second kappa shape index (κ2) is 9.57. The molecule has 1 heterocycles. The number of carbonyl (C=O) groups excluding carboxylic acids is 2. The Bertz CT molecular complexity index is 1270. The van der Waals surface area contributed by atoms with Crippen LogP contribution in [-0.2, 0) is 4.79 Å². The Morgan fingerprint density at radius 2 is 1.85 bits per heavy atom. The number of para-hydroxylation sites is 1. The van der Waals surface area contributed by atoms with E-state index in [1.54, 1.807) is 18.2 Å². The summed E-state index contributed by atoms with van der Waals surface area (Å²) in [5, 5.41) is 24.7. The zero-order chi connectivity index (χ0) is 23.4. The third kappa shape index (κ3) is 5.04. The number of aromatic nitrogens is 1. The van der Waals surface area contributed by atoms with Crippen molar-refractivity contribution in [3.05, 3.63) is 59.3 Å². The van der Waals surface area contributed by atoms with Gasteiger partial charge in [0.25, 0.3) is 5.91 Å². The maximum Gasteiger partial charge on any atom is 0.337 e. The van der Waals surface area contributed by atoms with Gasteiger partial charge in [0.2, 0.25) is 5.91 Å². The minimum Gasteiger partial charge on any atom is -0.478 e. The van der Waals surface area contributed by atoms with E-state index in [0.717, 1.165) is 11.8 Å². The van der Waals surface area contributed by atoms with Gasteiger partial charge in [0.15, 0.2) is 0 Å². The van der Waals surface area contributed by atoms with Crippen LogP contribution in [0, 0.1) is 17.2 Å². The number of nitriles is 1. The van der Waals surface area contributed by atoms with Crippen LogP contribution in [0.3, 0.4) is 0 Å². The molecule has 2 aromatic carbocycles. The van der Waals surface area contributed by atoms with E-state index >= 15 is 0 Å². The van der Waals surface area contributed by atoms with Crippen LogP contribution in [0.2, 0.25) is 0 Å². The number of fused-ring (bicyclic) bond motifs is 1. The van der Waals surface area contributed by atoms with Crippen molar-refractivity contribution in [2.45, 2.75) is 38.5 Å². The summed E-state index contributed by atoms with van der Waals surface area (Å²) in [6.45, 7) is 0. The van der Waals surface area contributed by atoms with Gasteiger partial charge in [-0.1, -0.05) is 37.8 Å². The Hall–Kier alpha value is -4.12. The molecule has 1 fully saturated rings. The number of amides is 2. The van der Waals surface area contributed by atoms with Crippen LogP contribution in [-0.4, -0.2) is 27.9 Å². The highest BCUT2D eigenvalue weighted by Crippen LogP contribution is 2.29. The summed E-state index contributed by atoms with van der Waals surface area (Å²) in [5.41, 5.74) is 1.53. The van der Waals surface area contributed by atoms with Gasteiger partial charge in [-0.15, -0.1) is 0 Å². The molecule has 0 aliphatic heterocycles. The smallest absolute Gasteiger partial charge is 0.337 e. The molecule has 0 atom stereocenters. The molecule has 0 radical (unpaired) electrons. The number of aromatic amines is 1. The first-order valence-electron chi connectivity index (χ1n) is 10.9. The summed E-state index contributed by atoms with van der Waals surface area (Å²) < 4.78 is 0. The second-order valence-corrected chi connectivity index (χ2v) is 8.32. The molecule has 168 valence electrons. The van der Waals surface area contributed by atoms with E-state index in [-0.39, 0.29) is 28.4 Å². The van der Waals surface area contributed by atoms with Gasteiger partial charge in [0.1, 0.15) is 5.69 Å². The molecule has 0 unspecified atom stereocenters. The molecule has 8 nitrogen and oxygen atoms in total. The predicted molar refractivity (Wildman–Crippen MR) is 124 cm³/mol. The molecule has 1 aliphatic carbocycles. The zero-order valence-electron chi connectivity index (χ0n) is 18.0. The topological polar surface area (TPSA) is 135 Å². The number of hydrogen-bond acceptors (Lipinski definition) is 4. The monoisotopic (exact) mass is 444 g/mol. The lowest BCUT2D eigenvalue weighted by atomic mass is 10.0. The highest BCUT2D eigenvalue weighted by Gasteiger charge is 2.19. The number of nitrogens with zero attached hydrogens (tertiary/aromatic N) is 1. The number of carboxylic acid groups (broad SMARTS) is 1. The fourth-order valence-corrected chi connectivity index (χ4v) is 4.32. The first kappa shape index (κ1) is 22.1. The van der Waals surface area contributed by atoms with Crippen molar-refractivity contribution in [3.63, 3.8) is 0 Å². The number of nitrogens with one attached hydrogen (secondary N) is 3. The molecule has 2 amide bonds. The van der Waals surface area contributed by atoms with Crippen molar-refractivity contribution in [3.8, 4) is 6.07 Å². The van der Waals surface area contributed by atoms with E-state index in [0.29, 0.717) is 23.5 Å². The number of anilines is 2. The molecule has 0 spiro atoms. The van der Waals surface area contributed by atoms with E-state index in [2.05, 4.69) is 15.6 Å². The molecular weight excluding hydrogens is 420 g/mol. The van der Waals surface area contributed by atoms with Gasteiger partial charge in [-0.2, -0.15) is 5.26 Å². The highest BCUT2D eigenvalue weighted by atomic mass is 16.4. The van der Waals surface area contributed by atoms with E-state index in [1.807, 2.05) is 12.1 Å². The average molecular weight is 444 g/mol. The van der Waals surface area contributed by atoms with Crippen LogP contribution in [0.15, 0.2) is 42.5 Å². The summed E-state index contributed by atoms with van der Waals surface area (Å²) in [6.07, 6.45) is 6.23. The van der Waals surface area contributed by atoms with Crippen LogP contribution < -0.4 is 10.6 Å². The van der Waals surface area contributed by atoms with E-state index in [4.69, 9.17) is 5.26 Å². The van der Waals surface area contributed by atoms with Crippen LogP contribution in [0.4, 0.5) is 11.4 Å². The summed E-state index contributed by atoms with van der Waals surface area (Å²) in [6, 6.07) is 13.0. The molecule has 4 rings (SSSR count). The first-order valence-corrected chi connectivity index (χ1v) is 10.9. The van der Waals surface area contributed by atoms with Crippen molar-refractivity contribution >= 4 is 40.1 Å². The van der Waals surface area contributed by atoms with Crippen LogP contribution in [0.25, 0.3) is 10.9 Å². The van der Waals surface area contributed by atoms with Gasteiger partial charge in [-0.25, -0.2) is 4.79 Å². The fraction of sp³-hybridized carbons (Fsp3) is 0.280. The third-order valence-electron chi connectivity index (χ3n) is 6.06. The predicted octanol–water partition coefficient (Wildman–Crippen LogP) is 4.90. The van der Waals surface area contributed by atoms with Crippen molar-refractivity contribution in [1.29, 1.82) is 5.26 Å². The normalized spacial score (nSPS) is 13.5. The molecule has 33 heavy (non-hydrogen) atoms. The number of H-pyrrole nitrogens is 1. The van der Waals surface area contributed by atoms with Crippen molar-refractivity contribution in [2.75, 3.05) is 10.6 Å². The minimum absolute atomic E-state index is 0.0568. The molecule has 1 aromatic heterocycles. The van der Waals surface area contributed by atoms with Crippen molar-refractivity contribution < 1.29 is 19.5 Å². The fourth-order valence-electron chi connectivity index (χ4n) is 4.32. The Balaban J connectivity index is 1.50. The lowest BCUT2D eigenvalue weighted by molar-refractivity contribution is -0.116. The Kier molecular flexibility index (Phi) is 6.41. The van der Waals surface area contributed by atoms with Gasteiger partial charge < -0.3 is 20.7 Å². The van der Waals surface area contributed by atoms with Crippen LogP contribution in [0.5, 0.6) is 0 Å². The lowest BCUT2D eigenvalue weighted by Crippen LogP contribution is -2.15. The van der Waals surface area contributed by atoms with Gasteiger partial charge in [0, 0.05) is 11.8 Å². The number of hydrogen-bond donors (Lipinski definition) is 4. The van der Waals surface area contributed by atoms with Gasteiger partial charge in [-0.05, 0) is 42.7 Å². The summed E-state index contributed by atoms with van der Waals surface area (Å²) in [5.74, 6) is -1.21. The number of rotatable bonds is 7. The molecule has 1 saturated carbocycles. The lowest BCUT2D eigenvalue weighted by Gasteiger charge is -2.10. The average Bonchev–Trinajstić information content (AvgIpc) is 3.48. The number of aromatic carboxylic acids is 1. The zero-order valence-corrected chi connectivity index (χ0v) is 18.0. The Labute approximate surface area is 190 Å². The summed E-state index contributed by atoms with van der Waals surface area (Å²) in [4.78, 5) is 39.8. The maximum absolute atomic E-state index is 12.8. The largest absolute Gasteiger partial charge is 0.478 e. The SMILES string of the molecule is N#Cc1ccc(NC(=O)c2cc3cccc(NC(=O)CCC4CCCC4)c3[nH]2)c(C(=O)O)c1. The first-order chi connectivity index (χ1) is 15.9. The van der Waals surface area contributed by atoms with E-state index < -0.39 is 11.9 Å². The number of benzene rings is 2. The van der Waals surface area contributed by atoms with Crippen molar-refractivity contribution in [2.24, 2.45) is 5.92 Å². The standard InChI is InChI=1S/C25H24N4O4/c26-14-16-8-10-19(18(12-16)25(32)33)29-24(31)21-13-17-6-3-7-20(23(17)28-21)27-22(30)11-9-15-4-1-2-5-15/h3,6-8,10,12-13,15,28H,1-2,4-5,9,11H2,(H,27,30)(H,29,31)(H,32,33). The van der Waals surface area contributed by atoms with Gasteiger partial charge >= 0.3 is 5.97 Å². The molecule has 0 saturated heterocycles. The summed E-state index contributed by atoms with van der Waals surface area (Å²) >= 11 is 0. The maximum atomic E-state index is 12.8. The van der Waals surface area contributed by atoms with Crippen LogP contribution >= 0.6 is 0 Å². The van der Waals surface area contributed by atoms with Gasteiger partial charge in [0.05, 0.1) is 34.1 Å². The molecular formula is C25H24N4O4. The molecule has 4 N–H and O–H groups in total. The number of carboxylic acids is 1. The Morgan fingerprint density at radius 3 is 2.58 bits per heavy atom. The number of carbonyl (C=O) groups is 3. The van der Waals surface area contributed by atoms with Crippen LogP contribution in [0.1, 0.15) is 64.9 Å². The quantitative estimate of drug-likeness (QED) is 0.411. The molecule has 3 aromatic rings. The highest BCUT2D eigenvalue weighted by molar-refractivity contribution is 6.10. The minimum atomic E-state index is -1.25. The molecule has 0 bridgehead atoms. The second-order valence-electron chi connectivity index (χ2n) is 8.32. The third-order valence-corrected chi connectivity index (χ3v) is 6.06. The Morgan fingerprint density at radius 1 is 1.06 bits per heavy atom. The molecule has 8 heteroatoms. The molecule has 1 aliphatic rings. The van der Waals surface area contributed by atoms with Gasteiger partial charge in [-0.3, -0.25) is 9.59 Å².